The van der Waals surface area contributed by atoms with E-state index < -0.39 is 24.0 Å². The second kappa shape index (κ2) is 10.4. The highest BCUT2D eigenvalue weighted by atomic mass is 16.5. The van der Waals surface area contributed by atoms with Crippen molar-refractivity contribution in [1.29, 1.82) is 0 Å². The summed E-state index contributed by atoms with van der Waals surface area (Å²) in [4.78, 5) is 36.6. The van der Waals surface area contributed by atoms with Gasteiger partial charge in [0, 0.05) is 13.0 Å². The first-order valence-electron chi connectivity index (χ1n) is 11.5. The van der Waals surface area contributed by atoms with Crippen LogP contribution < -0.4 is 10.6 Å². The Balaban J connectivity index is 1.38. The first-order valence-corrected chi connectivity index (χ1v) is 11.5. The Morgan fingerprint density at radius 2 is 1.71 bits per heavy atom. The fraction of sp³-hybridized carbons (Fsp3) is 0.308. The molecule has 0 bridgehead atoms. The Hall–Kier alpha value is -4.14. The normalized spacial score (nSPS) is 13.0. The lowest BCUT2D eigenvalue weighted by Crippen LogP contribution is -2.41. The van der Waals surface area contributed by atoms with Crippen LogP contribution in [0, 0.1) is 0 Å². The van der Waals surface area contributed by atoms with Crippen molar-refractivity contribution in [2.45, 2.75) is 38.3 Å². The second-order valence-electron chi connectivity index (χ2n) is 8.46. The summed E-state index contributed by atoms with van der Waals surface area (Å²) < 4.78 is 7.01. The fourth-order valence-corrected chi connectivity index (χ4v) is 4.45. The second-order valence-corrected chi connectivity index (χ2v) is 8.46. The molecule has 0 spiro atoms. The number of carboxylic acid groups (broad SMARTS) is 1. The van der Waals surface area contributed by atoms with E-state index in [1.807, 2.05) is 43.3 Å². The number of carbonyl (C=O) groups excluding carboxylic acids is 2. The van der Waals surface area contributed by atoms with Gasteiger partial charge in [-0.15, -0.1) is 0 Å². The molecule has 0 unspecified atom stereocenters. The summed E-state index contributed by atoms with van der Waals surface area (Å²) in [7, 11) is 1.65. The van der Waals surface area contributed by atoms with E-state index in [1.54, 1.807) is 7.05 Å². The molecular weight excluding hydrogens is 448 g/mol. The quantitative estimate of drug-likeness (QED) is 0.435. The molecule has 4 rings (SSSR count). The molecule has 9 heteroatoms. The first kappa shape index (κ1) is 24.0. The first-order chi connectivity index (χ1) is 16.9. The fourth-order valence-electron chi connectivity index (χ4n) is 4.45. The predicted molar refractivity (Wildman–Crippen MR) is 129 cm³/mol. The zero-order valence-electron chi connectivity index (χ0n) is 19.7. The van der Waals surface area contributed by atoms with Gasteiger partial charge < -0.3 is 20.5 Å². The molecular formula is C26H28N4O5. The van der Waals surface area contributed by atoms with E-state index in [0.29, 0.717) is 18.5 Å². The summed E-state index contributed by atoms with van der Waals surface area (Å²) in [5.74, 6) is -1.71. The molecule has 0 saturated heterocycles. The molecule has 1 aromatic heterocycles. The van der Waals surface area contributed by atoms with Crippen LogP contribution in [0.3, 0.4) is 0 Å². The van der Waals surface area contributed by atoms with Gasteiger partial charge in [-0.25, -0.2) is 9.59 Å². The number of amides is 2. The van der Waals surface area contributed by atoms with Crippen molar-refractivity contribution in [2.24, 2.45) is 7.05 Å². The van der Waals surface area contributed by atoms with Crippen molar-refractivity contribution >= 4 is 18.0 Å². The highest BCUT2D eigenvalue weighted by Crippen LogP contribution is 2.44. The van der Waals surface area contributed by atoms with Crippen LogP contribution in [0.4, 0.5) is 4.79 Å². The van der Waals surface area contributed by atoms with Crippen LogP contribution in [0.25, 0.3) is 11.1 Å². The van der Waals surface area contributed by atoms with E-state index in [0.717, 1.165) is 22.3 Å². The lowest BCUT2D eigenvalue weighted by atomic mass is 9.98. The molecule has 2 aromatic carbocycles. The Kier molecular flexibility index (Phi) is 7.14. The molecule has 0 radical (unpaired) electrons. The maximum atomic E-state index is 12.7. The van der Waals surface area contributed by atoms with Gasteiger partial charge in [-0.05, 0) is 28.7 Å². The third-order valence-corrected chi connectivity index (χ3v) is 6.23. The van der Waals surface area contributed by atoms with Crippen molar-refractivity contribution in [2.75, 3.05) is 6.61 Å². The third-order valence-electron chi connectivity index (χ3n) is 6.23. The molecule has 9 nitrogen and oxygen atoms in total. The van der Waals surface area contributed by atoms with E-state index in [4.69, 9.17) is 4.74 Å². The smallest absolute Gasteiger partial charge is 0.407 e. The summed E-state index contributed by atoms with van der Waals surface area (Å²) in [6.45, 7) is 2.02. The van der Waals surface area contributed by atoms with Crippen LogP contribution in [0.2, 0.25) is 0 Å². The number of ether oxygens (including phenoxy) is 1. The molecule has 3 aromatic rings. The number of carboxylic acids is 1. The zero-order chi connectivity index (χ0) is 24.9. The van der Waals surface area contributed by atoms with Crippen molar-refractivity contribution < 1.29 is 24.2 Å². The number of aromatic nitrogens is 2. The molecule has 0 saturated carbocycles. The average Bonchev–Trinajstić information content (AvgIpc) is 3.38. The van der Waals surface area contributed by atoms with Gasteiger partial charge in [0.1, 0.15) is 12.6 Å². The van der Waals surface area contributed by atoms with E-state index >= 15 is 0 Å². The Bertz CT molecular complexity index is 1210. The van der Waals surface area contributed by atoms with Crippen molar-refractivity contribution in [3.8, 4) is 11.1 Å². The summed E-state index contributed by atoms with van der Waals surface area (Å²) in [6, 6.07) is 15.2. The van der Waals surface area contributed by atoms with Gasteiger partial charge in [0.2, 0.25) is 0 Å². The lowest BCUT2D eigenvalue weighted by molar-refractivity contribution is -0.139. The molecule has 1 aliphatic carbocycles. The van der Waals surface area contributed by atoms with Crippen LogP contribution in [-0.4, -0.2) is 45.5 Å². The van der Waals surface area contributed by atoms with Crippen LogP contribution >= 0.6 is 0 Å². The number of alkyl carbamates (subject to hydrolysis) is 1. The monoisotopic (exact) mass is 476 g/mol. The number of benzene rings is 2. The number of hydrogen-bond acceptors (Lipinski definition) is 5. The van der Waals surface area contributed by atoms with Crippen LogP contribution in [-0.2, 0) is 23.1 Å². The number of rotatable bonds is 9. The molecule has 1 heterocycles. The number of nitrogens with zero attached hydrogens (tertiary/aromatic N) is 2. The number of carbonyl (C=O) groups is 3. The minimum Gasteiger partial charge on any atom is -0.480 e. The van der Waals surface area contributed by atoms with Gasteiger partial charge in [-0.2, -0.15) is 5.10 Å². The summed E-state index contributed by atoms with van der Waals surface area (Å²) >= 11 is 0. The van der Waals surface area contributed by atoms with Gasteiger partial charge in [0.15, 0.2) is 0 Å². The SMILES string of the molecule is CCC[C@@H](NC(=O)c1cnn(C)c1CNC(=O)OCC1c2ccccc2-c2ccccc21)C(=O)O. The van der Waals surface area contributed by atoms with E-state index in [9.17, 15) is 19.5 Å². The minimum atomic E-state index is -1.09. The molecule has 2 amide bonds. The van der Waals surface area contributed by atoms with Crippen molar-refractivity contribution in [3.63, 3.8) is 0 Å². The maximum absolute atomic E-state index is 12.7. The molecule has 1 aliphatic rings. The average molecular weight is 477 g/mol. The summed E-state index contributed by atoms with van der Waals surface area (Å²) in [6.07, 6.45) is 1.66. The summed E-state index contributed by atoms with van der Waals surface area (Å²) in [5, 5.41) is 18.6. The molecule has 0 aliphatic heterocycles. The Morgan fingerprint density at radius 1 is 1.09 bits per heavy atom. The molecule has 1 atom stereocenters. The third kappa shape index (κ3) is 5.03. The van der Waals surface area contributed by atoms with Gasteiger partial charge in [-0.3, -0.25) is 9.48 Å². The van der Waals surface area contributed by atoms with Gasteiger partial charge in [0.25, 0.3) is 5.91 Å². The van der Waals surface area contributed by atoms with Crippen molar-refractivity contribution in [1.82, 2.24) is 20.4 Å². The lowest BCUT2D eigenvalue weighted by Gasteiger charge is -2.15. The summed E-state index contributed by atoms with van der Waals surface area (Å²) in [5.41, 5.74) is 5.17. The maximum Gasteiger partial charge on any atom is 0.407 e. The highest BCUT2D eigenvalue weighted by molar-refractivity contribution is 5.97. The topological polar surface area (TPSA) is 123 Å². The van der Waals surface area contributed by atoms with E-state index in [2.05, 4.69) is 27.9 Å². The van der Waals surface area contributed by atoms with E-state index in [-0.39, 0.29) is 24.6 Å². The standard InChI is InChI=1S/C26H28N4O5/c1-3-8-22(25(32)33)29-24(31)20-13-28-30(2)23(20)14-27-26(34)35-15-21-18-11-6-4-9-16(18)17-10-5-7-12-19(17)21/h4-7,9-13,21-22H,3,8,14-15H2,1-2H3,(H,27,34)(H,29,31)(H,32,33)/t22-/m1/s1. The van der Waals surface area contributed by atoms with Crippen molar-refractivity contribution in [3.05, 3.63) is 77.1 Å². The number of aryl methyl sites for hydroxylation is 1. The largest absolute Gasteiger partial charge is 0.480 e. The number of nitrogens with one attached hydrogen (secondary N) is 2. The van der Waals surface area contributed by atoms with Crippen LogP contribution in [0.1, 0.15) is 52.9 Å². The highest BCUT2D eigenvalue weighted by Gasteiger charge is 2.29. The van der Waals surface area contributed by atoms with Crippen LogP contribution in [0.5, 0.6) is 0 Å². The van der Waals surface area contributed by atoms with Crippen LogP contribution in [0.15, 0.2) is 54.7 Å². The molecule has 35 heavy (non-hydrogen) atoms. The predicted octanol–water partition coefficient (Wildman–Crippen LogP) is 3.44. The molecule has 0 fully saturated rings. The Labute approximate surface area is 203 Å². The van der Waals surface area contributed by atoms with Gasteiger partial charge in [0.05, 0.1) is 24.0 Å². The number of hydrogen-bond donors (Lipinski definition) is 3. The van der Waals surface area contributed by atoms with Gasteiger partial charge >= 0.3 is 12.1 Å². The number of aliphatic carboxylic acids is 1. The minimum absolute atomic E-state index is 0.00143. The molecule has 182 valence electrons. The number of fused-ring (bicyclic) bond motifs is 3. The Morgan fingerprint density at radius 3 is 2.31 bits per heavy atom. The van der Waals surface area contributed by atoms with Gasteiger partial charge in [-0.1, -0.05) is 61.9 Å². The van der Waals surface area contributed by atoms with E-state index in [1.165, 1.54) is 10.9 Å². The zero-order valence-corrected chi connectivity index (χ0v) is 19.7. The molecule has 3 N–H and O–H groups in total.